The van der Waals surface area contributed by atoms with Crippen molar-refractivity contribution in [1.82, 2.24) is 0 Å². The number of methoxy groups -OCH3 is 1. The molecule has 0 saturated carbocycles. The first-order chi connectivity index (χ1) is 12.9. The van der Waals surface area contributed by atoms with Crippen molar-refractivity contribution in [3.05, 3.63) is 57.1 Å². The van der Waals surface area contributed by atoms with Gasteiger partial charge in [-0.05, 0) is 36.8 Å². The van der Waals surface area contributed by atoms with E-state index in [2.05, 4.69) is 5.32 Å². The summed E-state index contributed by atoms with van der Waals surface area (Å²) in [4.78, 5) is 36.5. The second-order valence-corrected chi connectivity index (χ2v) is 6.32. The molecule has 0 radical (unpaired) electrons. The van der Waals surface area contributed by atoms with Gasteiger partial charge < -0.3 is 15.0 Å². The van der Waals surface area contributed by atoms with Crippen LogP contribution in [0.3, 0.4) is 0 Å². The highest BCUT2D eigenvalue weighted by Gasteiger charge is 2.25. The SMILES string of the molecule is COc1ccc(NC(=O)c2ccc(Cl)c([N+](=O)[O-])c2)cc1N1CCCC1=O. The second kappa shape index (κ2) is 7.63. The van der Waals surface area contributed by atoms with Crippen molar-refractivity contribution in [1.29, 1.82) is 0 Å². The molecule has 2 amide bonds. The summed E-state index contributed by atoms with van der Waals surface area (Å²) in [5, 5.41) is 13.6. The Bertz CT molecular complexity index is 931. The number of halogens is 1. The third kappa shape index (κ3) is 3.85. The number of nitrogens with zero attached hydrogens (tertiary/aromatic N) is 2. The van der Waals surface area contributed by atoms with Crippen LogP contribution in [-0.2, 0) is 4.79 Å². The quantitative estimate of drug-likeness (QED) is 0.621. The predicted octanol–water partition coefficient (Wildman–Crippen LogP) is 3.64. The molecule has 0 aromatic heterocycles. The first-order valence-electron chi connectivity index (χ1n) is 8.14. The third-order valence-electron chi connectivity index (χ3n) is 4.21. The number of carbonyl (C=O) groups excluding carboxylic acids is 2. The Morgan fingerprint density at radius 1 is 1.30 bits per heavy atom. The monoisotopic (exact) mass is 389 g/mol. The highest BCUT2D eigenvalue weighted by atomic mass is 35.5. The molecule has 8 nitrogen and oxygen atoms in total. The largest absolute Gasteiger partial charge is 0.495 e. The van der Waals surface area contributed by atoms with Gasteiger partial charge in [0.2, 0.25) is 5.91 Å². The van der Waals surface area contributed by atoms with Crippen LogP contribution in [0.2, 0.25) is 5.02 Å². The van der Waals surface area contributed by atoms with Crippen molar-refractivity contribution in [2.75, 3.05) is 23.9 Å². The molecule has 1 aliphatic heterocycles. The van der Waals surface area contributed by atoms with Gasteiger partial charge in [-0.15, -0.1) is 0 Å². The van der Waals surface area contributed by atoms with Crippen LogP contribution in [0.1, 0.15) is 23.2 Å². The van der Waals surface area contributed by atoms with E-state index in [4.69, 9.17) is 16.3 Å². The Balaban J connectivity index is 1.87. The summed E-state index contributed by atoms with van der Waals surface area (Å²) in [6.07, 6.45) is 1.22. The van der Waals surface area contributed by atoms with Crippen LogP contribution in [0.15, 0.2) is 36.4 Å². The fourth-order valence-corrected chi connectivity index (χ4v) is 3.07. The number of hydrogen-bond donors (Lipinski definition) is 1. The average molecular weight is 390 g/mol. The van der Waals surface area contributed by atoms with Crippen molar-refractivity contribution >= 4 is 40.5 Å². The molecule has 140 valence electrons. The number of benzene rings is 2. The molecular weight excluding hydrogens is 374 g/mol. The first kappa shape index (κ1) is 18.7. The molecule has 0 unspecified atom stereocenters. The van der Waals surface area contributed by atoms with Crippen molar-refractivity contribution in [2.45, 2.75) is 12.8 Å². The number of hydrogen-bond acceptors (Lipinski definition) is 5. The molecule has 1 fully saturated rings. The van der Waals surface area contributed by atoms with Crippen molar-refractivity contribution in [3.8, 4) is 5.75 Å². The summed E-state index contributed by atoms with van der Waals surface area (Å²) >= 11 is 5.77. The number of rotatable bonds is 5. The molecule has 3 rings (SSSR count). The summed E-state index contributed by atoms with van der Waals surface area (Å²) in [5.41, 5.74) is 0.760. The first-order valence-corrected chi connectivity index (χ1v) is 8.52. The molecule has 1 heterocycles. The number of ether oxygens (including phenoxy) is 1. The fraction of sp³-hybridized carbons (Fsp3) is 0.222. The lowest BCUT2D eigenvalue weighted by atomic mass is 10.1. The molecule has 2 aromatic carbocycles. The zero-order valence-corrected chi connectivity index (χ0v) is 15.2. The van der Waals surface area contributed by atoms with Gasteiger partial charge in [0.1, 0.15) is 10.8 Å². The summed E-state index contributed by atoms with van der Waals surface area (Å²) in [7, 11) is 1.50. The van der Waals surface area contributed by atoms with Crippen LogP contribution in [0.25, 0.3) is 0 Å². The van der Waals surface area contributed by atoms with E-state index < -0.39 is 10.8 Å². The van der Waals surface area contributed by atoms with Gasteiger partial charge in [-0.3, -0.25) is 19.7 Å². The van der Waals surface area contributed by atoms with Crippen molar-refractivity contribution < 1.29 is 19.2 Å². The number of nitrogens with one attached hydrogen (secondary N) is 1. The summed E-state index contributed by atoms with van der Waals surface area (Å²) in [5.74, 6) is -0.0193. The molecule has 1 N–H and O–H groups in total. The molecule has 0 spiro atoms. The average Bonchev–Trinajstić information content (AvgIpc) is 3.07. The minimum absolute atomic E-state index is 0.00916. The molecule has 9 heteroatoms. The second-order valence-electron chi connectivity index (χ2n) is 5.91. The van der Waals surface area contributed by atoms with E-state index in [0.717, 1.165) is 12.5 Å². The number of amides is 2. The molecule has 0 atom stereocenters. The van der Waals surface area contributed by atoms with Gasteiger partial charge in [-0.2, -0.15) is 0 Å². The minimum atomic E-state index is -0.649. The molecular formula is C18H16ClN3O5. The number of anilines is 2. The maximum atomic E-state index is 12.5. The van der Waals surface area contributed by atoms with E-state index in [1.54, 1.807) is 23.1 Å². The van der Waals surface area contributed by atoms with Gasteiger partial charge >= 0.3 is 0 Å². The van der Waals surface area contributed by atoms with E-state index in [1.165, 1.54) is 19.2 Å². The van der Waals surface area contributed by atoms with Gasteiger partial charge in [0.05, 0.1) is 17.7 Å². The number of nitro groups is 1. The zero-order valence-electron chi connectivity index (χ0n) is 14.4. The lowest BCUT2D eigenvalue weighted by molar-refractivity contribution is -0.384. The highest BCUT2D eigenvalue weighted by molar-refractivity contribution is 6.32. The van der Waals surface area contributed by atoms with Gasteiger partial charge in [0, 0.05) is 30.3 Å². The van der Waals surface area contributed by atoms with Crippen LogP contribution in [0.4, 0.5) is 17.1 Å². The molecule has 0 aliphatic carbocycles. The highest BCUT2D eigenvalue weighted by Crippen LogP contribution is 2.34. The molecule has 1 aliphatic rings. The maximum absolute atomic E-state index is 12.5. The Labute approximate surface area is 159 Å². The van der Waals surface area contributed by atoms with E-state index >= 15 is 0 Å². The van der Waals surface area contributed by atoms with Crippen LogP contribution < -0.4 is 15.0 Å². The Hall–Kier alpha value is -3.13. The molecule has 27 heavy (non-hydrogen) atoms. The minimum Gasteiger partial charge on any atom is -0.495 e. The number of nitro benzene ring substituents is 1. The number of carbonyl (C=O) groups is 2. The maximum Gasteiger partial charge on any atom is 0.288 e. The van der Waals surface area contributed by atoms with Crippen molar-refractivity contribution in [3.63, 3.8) is 0 Å². The normalized spacial score (nSPS) is 13.6. The molecule has 1 saturated heterocycles. The fourth-order valence-electron chi connectivity index (χ4n) is 2.88. The summed E-state index contributed by atoms with van der Waals surface area (Å²) in [6, 6.07) is 8.75. The van der Waals surface area contributed by atoms with Crippen LogP contribution in [0.5, 0.6) is 5.75 Å². The van der Waals surface area contributed by atoms with E-state index in [0.29, 0.717) is 30.1 Å². The lowest BCUT2D eigenvalue weighted by Crippen LogP contribution is -2.24. The van der Waals surface area contributed by atoms with Gasteiger partial charge in [0.25, 0.3) is 11.6 Å². The predicted molar refractivity (Wildman–Crippen MR) is 101 cm³/mol. The Morgan fingerprint density at radius 2 is 2.07 bits per heavy atom. The Kier molecular flexibility index (Phi) is 5.27. The molecule has 0 bridgehead atoms. The smallest absolute Gasteiger partial charge is 0.288 e. The van der Waals surface area contributed by atoms with Crippen LogP contribution in [-0.4, -0.2) is 30.4 Å². The van der Waals surface area contributed by atoms with E-state index in [9.17, 15) is 19.7 Å². The summed E-state index contributed by atoms with van der Waals surface area (Å²) < 4.78 is 5.31. The zero-order chi connectivity index (χ0) is 19.6. The lowest BCUT2D eigenvalue weighted by Gasteiger charge is -2.20. The van der Waals surface area contributed by atoms with Gasteiger partial charge in [-0.1, -0.05) is 11.6 Å². The summed E-state index contributed by atoms with van der Waals surface area (Å²) in [6.45, 7) is 0.579. The van der Waals surface area contributed by atoms with Crippen molar-refractivity contribution in [2.24, 2.45) is 0 Å². The Morgan fingerprint density at radius 3 is 2.70 bits per heavy atom. The van der Waals surface area contributed by atoms with Crippen LogP contribution in [0, 0.1) is 10.1 Å². The standard InChI is InChI=1S/C18H16ClN3O5/c1-27-16-7-5-12(10-15(16)21-8-2-3-17(21)23)20-18(24)11-4-6-13(19)14(9-11)22(25)26/h4-7,9-10H,2-3,8H2,1H3,(H,20,24). The van der Waals surface area contributed by atoms with Gasteiger partial charge in [-0.25, -0.2) is 0 Å². The van der Waals surface area contributed by atoms with E-state index in [1.807, 2.05) is 0 Å². The molecule has 2 aromatic rings. The topological polar surface area (TPSA) is 102 Å². The third-order valence-corrected chi connectivity index (χ3v) is 4.53. The van der Waals surface area contributed by atoms with E-state index in [-0.39, 0.29) is 22.2 Å². The van der Waals surface area contributed by atoms with Crippen LogP contribution >= 0.6 is 11.6 Å². The van der Waals surface area contributed by atoms with Gasteiger partial charge in [0.15, 0.2) is 0 Å².